The third-order valence-electron chi connectivity index (χ3n) is 11.5. The number of hydrogen-bond donors (Lipinski definition) is 1. The average molecular weight is 768 g/mol. The van der Waals surface area contributed by atoms with Gasteiger partial charge in [-0.3, -0.25) is 0 Å². The van der Waals surface area contributed by atoms with Gasteiger partial charge in [-0.05, 0) is 57.3 Å². The van der Waals surface area contributed by atoms with E-state index in [4.69, 9.17) is 26.8 Å². The molecule has 1 aliphatic carbocycles. The molecule has 1 saturated carbocycles. The van der Waals surface area contributed by atoms with E-state index in [9.17, 15) is 0 Å². The zero-order chi connectivity index (χ0) is 38.7. The van der Waals surface area contributed by atoms with Crippen LogP contribution in [0.25, 0.3) is 11.2 Å². The maximum absolute atomic E-state index is 7.52. The number of aromatic nitrogens is 4. The van der Waals surface area contributed by atoms with E-state index >= 15 is 0 Å². The highest BCUT2D eigenvalue weighted by Crippen LogP contribution is 2.50. The molecule has 7 nitrogen and oxygen atoms in total. The molecule has 2 aromatic heterocycles. The molecule has 0 aliphatic heterocycles. The Balaban J connectivity index is 1.14. The molecular weight excluding hydrogens is 726 g/mol. The van der Waals surface area contributed by atoms with Crippen LogP contribution in [0.1, 0.15) is 45.8 Å². The van der Waals surface area contributed by atoms with Crippen LogP contribution in [0.5, 0.6) is 0 Å². The van der Waals surface area contributed by atoms with Gasteiger partial charge >= 0.3 is 0 Å². The number of imidazole rings is 1. The van der Waals surface area contributed by atoms with Crippen LogP contribution in [0, 0.1) is 11.8 Å². The fraction of sp³-hybridized carbons (Fsp3) is 0.163. The van der Waals surface area contributed by atoms with Crippen LogP contribution in [-0.2, 0) is 20.7 Å². The zero-order valence-corrected chi connectivity index (χ0v) is 32.1. The smallest absolute Gasteiger partial charge is 0.226 e. The first-order valence-corrected chi connectivity index (χ1v) is 19.7. The van der Waals surface area contributed by atoms with E-state index in [2.05, 4.69) is 165 Å². The van der Waals surface area contributed by atoms with Gasteiger partial charge in [0.25, 0.3) is 0 Å². The summed E-state index contributed by atoms with van der Waals surface area (Å²) in [5.41, 5.74) is 12.0. The van der Waals surface area contributed by atoms with Crippen molar-refractivity contribution in [2.45, 2.75) is 23.7 Å². The van der Waals surface area contributed by atoms with Crippen molar-refractivity contribution in [3.8, 4) is 0 Å². The molecule has 282 valence electrons. The van der Waals surface area contributed by atoms with Crippen LogP contribution in [0.4, 0.5) is 5.82 Å². The second kappa shape index (κ2) is 15.8. The lowest BCUT2D eigenvalue weighted by molar-refractivity contribution is -0.104. The molecule has 0 spiro atoms. The minimum Gasteiger partial charge on any atom is -0.382 e. The molecule has 2 N–H and O–H groups in total. The molecule has 8 heteroatoms. The predicted octanol–water partition coefficient (Wildman–Crippen LogP) is 10.3. The van der Waals surface area contributed by atoms with Crippen LogP contribution < -0.4 is 5.73 Å². The molecule has 57 heavy (non-hydrogen) atoms. The van der Waals surface area contributed by atoms with E-state index in [1.54, 1.807) is 0 Å². The van der Waals surface area contributed by atoms with E-state index in [1.165, 1.54) is 0 Å². The van der Waals surface area contributed by atoms with Crippen molar-refractivity contribution < 1.29 is 9.47 Å². The number of anilines is 1. The highest BCUT2D eigenvalue weighted by molar-refractivity contribution is 6.28. The Bertz CT molecular complexity index is 2350. The molecular formula is C49H42ClN5O2. The Kier molecular flexibility index (Phi) is 10.1. The number of nitrogen functional groups attached to an aromatic ring is 1. The van der Waals surface area contributed by atoms with E-state index in [0.29, 0.717) is 24.4 Å². The number of ether oxygens (including phenoxy) is 2. The minimum atomic E-state index is -0.899. The summed E-state index contributed by atoms with van der Waals surface area (Å²) in [6.45, 7) is 0.864. The van der Waals surface area contributed by atoms with Gasteiger partial charge in [-0.25, -0.2) is 4.98 Å². The van der Waals surface area contributed by atoms with E-state index in [1.807, 2.05) is 42.7 Å². The molecule has 0 saturated heterocycles. The highest BCUT2D eigenvalue weighted by Gasteiger charge is 2.48. The van der Waals surface area contributed by atoms with E-state index in [-0.39, 0.29) is 29.0 Å². The molecule has 0 amide bonds. The first kappa shape index (κ1) is 36.5. The topological polar surface area (TPSA) is 88.1 Å². The van der Waals surface area contributed by atoms with Crippen LogP contribution >= 0.6 is 11.6 Å². The van der Waals surface area contributed by atoms with Crippen molar-refractivity contribution in [1.29, 1.82) is 0 Å². The standard InChI is InChI=1S/C49H42ClN5O2/c50-47-53-45(51)44-46(54-47)55(34-52-44)43-31-35(32-56-48(36-19-7-1-8-20-36,37-21-9-2-10-22-37)38-23-11-3-12-24-38)42(43)33-57-49(39-25-13-4-14-26-39,40-27-15-5-16-28-40)41-29-17-6-18-30-41/h1-30,34-35,42-43H,31-33H2,(H2,51,53,54)/t35-,42-,43-/m1/s1. The fourth-order valence-corrected chi connectivity index (χ4v) is 8.85. The minimum absolute atomic E-state index is 0.0205. The molecule has 2 heterocycles. The Labute approximate surface area is 337 Å². The summed E-state index contributed by atoms with van der Waals surface area (Å²) in [4.78, 5) is 13.5. The van der Waals surface area contributed by atoms with Crippen molar-refractivity contribution in [2.24, 2.45) is 11.8 Å². The number of rotatable bonds is 13. The lowest BCUT2D eigenvalue weighted by Crippen LogP contribution is -2.47. The van der Waals surface area contributed by atoms with Gasteiger partial charge in [0, 0.05) is 12.0 Å². The maximum atomic E-state index is 7.52. The van der Waals surface area contributed by atoms with Crippen molar-refractivity contribution in [2.75, 3.05) is 18.9 Å². The van der Waals surface area contributed by atoms with Crippen molar-refractivity contribution in [1.82, 2.24) is 19.5 Å². The second-order valence-electron chi connectivity index (χ2n) is 14.6. The van der Waals surface area contributed by atoms with Crippen LogP contribution in [-0.4, -0.2) is 32.7 Å². The number of fused-ring (bicyclic) bond motifs is 1. The molecule has 9 rings (SSSR count). The normalized spacial score (nSPS) is 17.0. The van der Waals surface area contributed by atoms with Gasteiger partial charge in [0.05, 0.1) is 19.5 Å². The molecule has 0 radical (unpaired) electrons. The van der Waals surface area contributed by atoms with E-state index < -0.39 is 11.2 Å². The molecule has 8 aromatic rings. The lowest BCUT2D eigenvalue weighted by Gasteiger charge is -2.48. The van der Waals surface area contributed by atoms with Gasteiger partial charge in [0.15, 0.2) is 11.5 Å². The van der Waals surface area contributed by atoms with Crippen LogP contribution in [0.3, 0.4) is 0 Å². The summed E-state index contributed by atoms with van der Waals surface area (Å²) < 4.78 is 17.1. The van der Waals surface area contributed by atoms with Crippen molar-refractivity contribution in [3.05, 3.63) is 227 Å². The SMILES string of the molecule is Nc1nc(Cl)nc2c1ncn2[C@@H]1C[C@H](COC(c2ccccc2)(c2ccccc2)c2ccccc2)[C@H]1COC(c1ccccc1)(c1ccccc1)c1ccccc1. The Morgan fingerprint density at radius 2 is 0.912 bits per heavy atom. The summed E-state index contributed by atoms with van der Waals surface area (Å²) in [7, 11) is 0. The van der Waals surface area contributed by atoms with Crippen LogP contribution in [0.2, 0.25) is 5.28 Å². The van der Waals surface area contributed by atoms with Gasteiger partial charge in [-0.2, -0.15) is 9.97 Å². The molecule has 6 aromatic carbocycles. The fourth-order valence-electron chi connectivity index (χ4n) is 8.68. The number of hydrogen-bond acceptors (Lipinski definition) is 6. The molecule has 3 atom stereocenters. The quantitative estimate of drug-likeness (QED) is 0.0929. The van der Waals surface area contributed by atoms with Gasteiger partial charge in [-0.15, -0.1) is 0 Å². The summed E-state index contributed by atoms with van der Waals surface area (Å²) >= 11 is 6.39. The number of nitrogens with two attached hydrogens (primary N) is 1. The van der Waals surface area contributed by atoms with Gasteiger partial charge in [0.2, 0.25) is 5.28 Å². The Hall–Kier alpha value is -6.12. The first-order chi connectivity index (χ1) is 28.1. The molecule has 0 unspecified atom stereocenters. The predicted molar refractivity (Wildman–Crippen MR) is 226 cm³/mol. The Morgan fingerprint density at radius 3 is 1.30 bits per heavy atom. The first-order valence-electron chi connectivity index (χ1n) is 19.3. The highest BCUT2D eigenvalue weighted by atomic mass is 35.5. The third-order valence-corrected chi connectivity index (χ3v) is 11.7. The average Bonchev–Trinajstić information content (AvgIpc) is 3.69. The Morgan fingerprint density at radius 1 is 0.544 bits per heavy atom. The molecule has 1 aliphatic rings. The third kappa shape index (κ3) is 6.68. The van der Waals surface area contributed by atoms with Crippen molar-refractivity contribution >= 4 is 28.6 Å². The maximum Gasteiger partial charge on any atom is 0.226 e. The number of benzene rings is 6. The number of halogens is 1. The van der Waals surface area contributed by atoms with E-state index in [0.717, 1.165) is 39.8 Å². The van der Waals surface area contributed by atoms with Gasteiger partial charge in [0.1, 0.15) is 16.7 Å². The van der Waals surface area contributed by atoms with Gasteiger partial charge in [-0.1, -0.05) is 182 Å². The molecule has 1 fully saturated rings. The zero-order valence-electron chi connectivity index (χ0n) is 31.3. The van der Waals surface area contributed by atoms with Crippen molar-refractivity contribution in [3.63, 3.8) is 0 Å². The summed E-state index contributed by atoms with van der Waals surface area (Å²) in [5.74, 6) is 0.330. The monoisotopic (exact) mass is 767 g/mol. The largest absolute Gasteiger partial charge is 0.382 e. The second-order valence-corrected chi connectivity index (χ2v) is 14.9. The lowest BCUT2D eigenvalue weighted by atomic mass is 9.69. The molecule has 0 bridgehead atoms. The summed E-state index contributed by atoms with van der Waals surface area (Å²) in [5, 5.41) is 0.0865. The van der Waals surface area contributed by atoms with Gasteiger partial charge < -0.3 is 19.8 Å². The summed E-state index contributed by atoms with van der Waals surface area (Å²) in [6, 6.07) is 63.0. The summed E-state index contributed by atoms with van der Waals surface area (Å²) in [6.07, 6.45) is 2.60. The van der Waals surface area contributed by atoms with Crippen LogP contribution in [0.15, 0.2) is 188 Å². The number of nitrogens with zero attached hydrogens (tertiary/aromatic N) is 4.